The maximum absolute atomic E-state index is 15.0. The molecule has 0 heterocycles. The van der Waals surface area contributed by atoms with Crippen LogP contribution in [0, 0.1) is 77.1 Å². The zero-order valence-electron chi connectivity index (χ0n) is 20.8. The van der Waals surface area contributed by atoms with Crippen molar-refractivity contribution in [2.24, 2.45) is 17.8 Å². The SMILES string of the molecule is CCCCOc1ccc2cc(OCC3CCC(C4CC[CH-]CC4)CC3)c(F)c(F)c2c1C(F)(F)F.[Pr]. The first-order chi connectivity index (χ1) is 16.8. The van der Waals surface area contributed by atoms with Gasteiger partial charge in [-0.25, -0.2) is 4.39 Å². The zero-order chi connectivity index (χ0) is 25.0. The van der Waals surface area contributed by atoms with Gasteiger partial charge in [0.05, 0.1) is 13.2 Å². The number of unbranched alkanes of at least 4 members (excludes halogenated alkanes) is 1. The molecular formula is C28H34F5O2Pr-. The van der Waals surface area contributed by atoms with E-state index in [1.807, 2.05) is 6.92 Å². The van der Waals surface area contributed by atoms with Crippen molar-refractivity contribution in [1.82, 2.24) is 0 Å². The van der Waals surface area contributed by atoms with E-state index in [4.69, 9.17) is 9.47 Å². The van der Waals surface area contributed by atoms with Crippen LogP contribution in [0.15, 0.2) is 18.2 Å². The van der Waals surface area contributed by atoms with Gasteiger partial charge in [0, 0.05) is 46.7 Å². The molecule has 0 N–H and O–H groups in total. The molecule has 197 valence electrons. The number of hydrogen-bond acceptors (Lipinski definition) is 2. The molecule has 2 aromatic rings. The third kappa shape index (κ3) is 7.04. The van der Waals surface area contributed by atoms with Crippen molar-refractivity contribution in [2.75, 3.05) is 13.2 Å². The minimum atomic E-state index is -4.90. The van der Waals surface area contributed by atoms with E-state index in [2.05, 4.69) is 6.42 Å². The molecular weight excluding hydrogens is 604 g/mol. The third-order valence-corrected chi connectivity index (χ3v) is 7.67. The zero-order valence-corrected chi connectivity index (χ0v) is 24.5. The van der Waals surface area contributed by atoms with Gasteiger partial charge in [-0.05, 0) is 67.4 Å². The number of rotatable bonds is 8. The van der Waals surface area contributed by atoms with E-state index >= 15 is 4.39 Å². The van der Waals surface area contributed by atoms with Gasteiger partial charge < -0.3 is 15.9 Å². The normalized spacial score (nSPS) is 21.3. The molecule has 0 bridgehead atoms. The summed E-state index contributed by atoms with van der Waals surface area (Å²) in [6.07, 6.45) is 7.85. The molecule has 0 saturated heterocycles. The number of benzene rings is 2. The summed E-state index contributed by atoms with van der Waals surface area (Å²) in [4.78, 5) is 0. The number of alkyl halides is 3. The molecule has 0 aliphatic heterocycles. The predicted molar refractivity (Wildman–Crippen MR) is 126 cm³/mol. The second-order valence-electron chi connectivity index (χ2n) is 10.0. The molecule has 0 unspecified atom stereocenters. The van der Waals surface area contributed by atoms with E-state index in [0.29, 0.717) is 6.42 Å². The van der Waals surface area contributed by atoms with Crippen molar-refractivity contribution in [3.63, 3.8) is 0 Å². The molecule has 36 heavy (non-hydrogen) atoms. The second-order valence-corrected chi connectivity index (χ2v) is 10.0. The summed E-state index contributed by atoms with van der Waals surface area (Å²) in [5.41, 5.74) is -1.28. The van der Waals surface area contributed by atoms with Crippen LogP contribution in [-0.4, -0.2) is 13.2 Å². The molecule has 1 radical (unpaired) electrons. The Bertz CT molecular complexity index is 996. The molecule has 2 saturated carbocycles. The van der Waals surface area contributed by atoms with Gasteiger partial charge in [0.25, 0.3) is 0 Å². The van der Waals surface area contributed by atoms with Gasteiger partial charge in [0.1, 0.15) is 11.3 Å². The smallest absolute Gasteiger partial charge is 0.420 e. The van der Waals surface area contributed by atoms with Gasteiger partial charge in [-0.15, -0.1) is 0 Å². The van der Waals surface area contributed by atoms with E-state index in [1.165, 1.54) is 43.9 Å². The van der Waals surface area contributed by atoms with Crippen LogP contribution >= 0.6 is 0 Å². The van der Waals surface area contributed by atoms with Crippen LogP contribution in [0.5, 0.6) is 11.5 Å². The first-order valence-electron chi connectivity index (χ1n) is 12.9. The summed E-state index contributed by atoms with van der Waals surface area (Å²) < 4.78 is 82.4. The summed E-state index contributed by atoms with van der Waals surface area (Å²) in [6, 6.07) is 3.67. The van der Waals surface area contributed by atoms with Crippen LogP contribution in [0.1, 0.15) is 76.7 Å². The minimum absolute atomic E-state index is 0. The fourth-order valence-corrected chi connectivity index (χ4v) is 5.67. The summed E-state index contributed by atoms with van der Waals surface area (Å²) >= 11 is 0. The van der Waals surface area contributed by atoms with Crippen molar-refractivity contribution < 1.29 is 72.7 Å². The Morgan fingerprint density at radius 2 is 1.56 bits per heavy atom. The van der Waals surface area contributed by atoms with Gasteiger partial charge in [-0.2, -0.15) is 30.4 Å². The molecule has 8 heteroatoms. The monoisotopic (exact) mass is 638 g/mol. The average Bonchev–Trinajstić information content (AvgIpc) is 2.85. The molecule has 2 nitrogen and oxygen atoms in total. The molecule has 0 atom stereocenters. The molecule has 2 aromatic carbocycles. The van der Waals surface area contributed by atoms with Crippen molar-refractivity contribution in [1.29, 1.82) is 0 Å². The Morgan fingerprint density at radius 3 is 2.19 bits per heavy atom. The van der Waals surface area contributed by atoms with Gasteiger partial charge in [-0.3, -0.25) is 0 Å². The molecule has 2 fully saturated rings. The summed E-state index contributed by atoms with van der Waals surface area (Å²) in [5, 5.41) is -0.881. The Morgan fingerprint density at radius 1 is 0.889 bits per heavy atom. The molecule has 0 amide bonds. The topological polar surface area (TPSA) is 18.5 Å². The number of hydrogen-bond donors (Lipinski definition) is 0. The summed E-state index contributed by atoms with van der Waals surface area (Å²) in [6.45, 7) is 2.18. The maximum atomic E-state index is 15.0. The Labute approximate surface area is 243 Å². The second kappa shape index (κ2) is 13.4. The fraction of sp³-hybridized carbons (Fsp3) is 0.607. The van der Waals surface area contributed by atoms with Crippen LogP contribution in [0.25, 0.3) is 10.8 Å². The van der Waals surface area contributed by atoms with E-state index in [9.17, 15) is 17.6 Å². The molecule has 2 aliphatic rings. The van der Waals surface area contributed by atoms with E-state index in [-0.39, 0.29) is 71.6 Å². The average molecular weight is 638 g/mol. The summed E-state index contributed by atoms with van der Waals surface area (Å²) in [5.74, 6) is -2.02. The first kappa shape index (κ1) is 29.9. The Hall–Kier alpha value is -0.686. The van der Waals surface area contributed by atoms with Gasteiger partial charge in [0.15, 0.2) is 11.6 Å². The number of ether oxygens (including phenoxy) is 2. The fourth-order valence-electron chi connectivity index (χ4n) is 5.67. The van der Waals surface area contributed by atoms with Crippen molar-refractivity contribution >= 4 is 10.8 Å². The molecule has 0 aromatic heterocycles. The largest absolute Gasteiger partial charge is 0.493 e. The van der Waals surface area contributed by atoms with Crippen LogP contribution in [0.2, 0.25) is 0 Å². The number of fused-ring (bicyclic) bond motifs is 1. The minimum Gasteiger partial charge on any atom is -0.493 e. The molecule has 0 spiro atoms. The maximum Gasteiger partial charge on any atom is 0.420 e. The van der Waals surface area contributed by atoms with Gasteiger partial charge in [0.2, 0.25) is 5.82 Å². The van der Waals surface area contributed by atoms with Crippen molar-refractivity contribution in [3.05, 3.63) is 41.8 Å². The first-order valence-corrected chi connectivity index (χ1v) is 12.9. The molecule has 2 aliphatic carbocycles. The number of halogens is 5. The van der Waals surface area contributed by atoms with Crippen LogP contribution in [0.3, 0.4) is 0 Å². The standard InChI is InChI=1S/C28H34F5O2.Pr/c1-2-3-15-34-22-14-13-21-16-23(26(29)27(30)24(21)25(22)28(31,32)33)35-17-18-9-11-20(12-10-18)19-7-5-4-6-8-19;/h4,13-14,16,18-20H,2-3,5-12,15,17H2,1H3;/q-1;. The third-order valence-electron chi connectivity index (χ3n) is 7.67. The quantitative estimate of drug-likeness (QED) is 0.163. The van der Waals surface area contributed by atoms with E-state index in [1.54, 1.807) is 0 Å². The molecule has 4 rings (SSSR count). The van der Waals surface area contributed by atoms with Crippen LogP contribution in [-0.2, 0) is 6.18 Å². The summed E-state index contributed by atoms with van der Waals surface area (Å²) in [7, 11) is 0. The predicted octanol–water partition coefficient (Wildman–Crippen LogP) is 8.90. The Kier molecular flexibility index (Phi) is 11.1. The van der Waals surface area contributed by atoms with Gasteiger partial charge >= 0.3 is 6.18 Å². The Balaban J connectivity index is 0.00000361. The van der Waals surface area contributed by atoms with Crippen molar-refractivity contribution in [3.8, 4) is 11.5 Å². The van der Waals surface area contributed by atoms with Crippen LogP contribution < -0.4 is 9.47 Å². The van der Waals surface area contributed by atoms with E-state index < -0.39 is 34.5 Å². The van der Waals surface area contributed by atoms with Crippen molar-refractivity contribution in [2.45, 2.75) is 77.3 Å². The van der Waals surface area contributed by atoms with Crippen LogP contribution in [0.4, 0.5) is 22.0 Å². The van der Waals surface area contributed by atoms with E-state index in [0.717, 1.165) is 43.9 Å². The van der Waals surface area contributed by atoms with Gasteiger partial charge in [-0.1, -0.05) is 32.3 Å².